The van der Waals surface area contributed by atoms with E-state index in [2.05, 4.69) is 15.1 Å². The van der Waals surface area contributed by atoms with E-state index in [9.17, 15) is 14.3 Å². The number of anilines is 1. The molecule has 2 aromatic rings. The molecule has 2 aromatic carbocycles. The van der Waals surface area contributed by atoms with Crippen LogP contribution in [0, 0.1) is 5.82 Å². The predicted octanol–water partition coefficient (Wildman–Crippen LogP) is 2.24. The van der Waals surface area contributed by atoms with Crippen molar-refractivity contribution in [2.24, 2.45) is 0 Å². The Morgan fingerprint density at radius 1 is 1.11 bits per heavy atom. The van der Waals surface area contributed by atoms with Crippen LogP contribution in [0.1, 0.15) is 6.92 Å². The van der Waals surface area contributed by atoms with Crippen LogP contribution >= 0.6 is 0 Å². The highest BCUT2D eigenvalue weighted by Gasteiger charge is 2.27. The van der Waals surface area contributed by atoms with Gasteiger partial charge < -0.3 is 29.4 Å². The number of aliphatic hydroxyl groups excluding tert-OH is 1. The van der Waals surface area contributed by atoms with Crippen LogP contribution in [0.15, 0.2) is 36.4 Å². The number of carbonyl (C=O) groups excluding carboxylic acids is 1. The van der Waals surface area contributed by atoms with E-state index in [0.717, 1.165) is 0 Å². The van der Waals surface area contributed by atoms with Gasteiger partial charge in [-0.3, -0.25) is 14.6 Å². The summed E-state index contributed by atoms with van der Waals surface area (Å²) in [6.45, 7) is 4.72. The topological polar surface area (TPSA) is 92.7 Å². The summed E-state index contributed by atoms with van der Waals surface area (Å²) in [5, 5.41) is 13.3. The Labute approximate surface area is 205 Å². The zero-order valence-corrected chi connectivity index (χ0v) is 20.6. The number of nitrogens with one attached hydrogen (secondary N) is 1. The quantitative estimate of drug-likeness (QED) is 0.495. The van der Waals surface area contributed by atoms with Crippen LogP contribution in [0.3, 0.4) is 0 Å². The summed E-state index contributed by atoms with van der Waals surface area (Å²) >= 11 is 0. The van der Waals surface area contributed by atoms with E-state index in [1.165, 1.54) is 33.5 Å². The molecule has 0 unspecified atom stereocenters. The van der Waals surface area contributed by atoms with Crippen LogP contribution in [-0.4, -0.2) is 93.6 Å². The molecule has 10 heteroatoms. The average Bonchev–Trinajstić information content (AvgIpc) is 2.84. The molecule has 9 nitrogen and oxygen atoms in total. The van der Waals surface area contributed by atoms with Crippen molar-refractivity contribution in [3.05, 3.63) is 42.2 Å². The average molecular weight is 492 g/mol. The number of nitrogens with zero attached hydrogens (tertiary/aromatic N) is 2. The van der Waals surface area contributed by atoms with Gasteiger partial charge in [-0.1, -0.05) is 12.1 Å². The lowest BCUT2D eigenvalue weighted by atomic mass is 10.1. The van der Waals surface area contributed by atoms with Gasteiger partial charge in [0.25, 0.3) is 0 Å². The van der Waals surface area contributed by atoms with Gasteiger partial charge in [-0.15, -0.1) is 0 Å². The zero-order valence-electron chi connectivity index (χ0n) is 20.6. The second-order valence-corrected chi connectivity index (χ2v) is 8.44. The number of piperazine rings is 1. The first-order valence-corrected chi connectivity index (χ1v) is 11.5. The van der Waals surface area contributed by atoms with Gasteiger partial charge >= 0.3 is 0 Å². The third-order valence-corrected chi connectivity index (χ3v) is 5.88. The Balaban J connectivity index is 1.47. The fourth-order valence-corrected chi connectivity index (χ4v) is 4.11. The molecule has 0 spiro atoms. The third-order valence-electron chi connectivity index (χ3n) is 5.88. The maximum atomic E-state index is 13.7. The van der Waals surface area contributed by atoms with Crippen LogP contribution in [0.5, 0.6) is 23.0 Å². The summed E-state index contributed by atoms with van der Waals surface area (Å²) in [5.74, 6) is 0.899. The van der Waals surface area contributed by atoms with Gasteiger partial charge in [0.1, 0.15) is 12.7 Å². The van der Waals surface area contributed by atoms with Crippen molar-refractivity contribution in [2.45, 2.75) is 19.1 Å². The van der Waals surface area contributed by atoms with Gasteiger partial charge in [0.05, 0.1) is 27.9 Å². The summed E-state index contributed by atoms with van der Waals surface area (Å²) in [5.41, 5.74) is 0.550. The van der Waals surface area contributed by atoms with E-state index >= 15 is 0 Å². The van der Waals surface area contributed by atoms with E-state index in [-0.39, 0.29) is 30.9 Å². The van der Waals surface area contributed by atoms with Crippen molar-refractivity contribution < 1.29 is 33.2 Å². The fraction of sp³-hybridized carbons (Fsp3) is 0.480. The third kappa shape index (κ3) is 7.20. The largest absolute Gasteiger partial charge is 0.493 e. The molecule has 1 aliphatic heterocycles. The highest BCUT2D eigenvalue weighted by molar-refractivity contribution is 5.93. The van der Waals surface area contributed by atoms with Gasteiger partial charge in [-0.25, -0.2) is 4.39 Å². The number of halogens is 1. The number of methoxy groups -OCH3 is 3. The SMILES string of the molecule is COc1cc(NC(=O)CN2CCN(C[C@@H](O)COc3ccccc3F)[C@@H](C)C2)cc(OC)c1OC. The van der Waals surface area contributed by atoms with E-state index in [0.29, 0.717) is 49.1 Å². The van der Waals surface area contributed by atoms with Crippen molar-refractivity contribution in [1.82, 2.24) is 9.80 Å². The molecule has 0 aromatic heterocycles. The maximum absolute atomic E-state index is 13.7. The highest BCUT2D eigenvalue weighted by atomic mass is 19.1. The minimum atomic E-state index is -0.757. The molecule has 0 bridgehead atoms. The number of hydrogen-bond donors (Lipinski definition) is 2. The number of benzene rings is 2. The minimum absolute atomic E-state index is 0.00502. The summed E-state index contributed by atoms with van der Waals surface area (Å²) in [6.07, 6.45) is -0.757. The number of hydrogen-bond acceptors (Lipinski definition) is 8. The Morgan fingerprint density at radius 2 is 1.80 bits per heavy atom. The van der Waals surface area contributed by atoms with Crippen molar-refractivity contribution in [3.8, 4) is 23.0 Å². The van der Waals surface area contributed by atoms with E-state index in [1.54, 1.807) is 24.3 Å². The summed E-state index contributed by atoms with van der Waals surface area (Å²) in [6, 6.07) is 9.62. The smallest absolute Gasteiger partial charge is 0.238 e. The first kappa shape index (κ1) is 26.5. The van der Waals surface area contributed by atoms with Gasteiger partial charge in [-0.05, 0) is 19.1 Å². The van der Waals surface area contributed by atoms with Crippen LogP contribution in [-0.2, 0) is 4.79 Å². The Bertz CT molecular complexity index is 966. The van der Waals surface area contributed by atoms with Crippen molar-refractivity contribution in [2.75, 3.05) is 66.0 Å². The standard InChI is InChI=1S/C25H34FN3O6/c1-17-13-28(9-10-29(17)14-19(30)16-35-21-8-6-5-7-20(21)26)15-24(31)27-18-11-22(32-2)25(34-4)23(12-18)33-3/h5-8,11-12,17,19,30H,9-10,13-16H2,1-4H3,(H,27,31)/t17-,19+/m0/s1. The van der Waals surface area contributed by atoms with Crippen molar-refractivity contribution in [1.29, 1.82) is 0 Å². The van der Waals surface area contributed by atoms with Crippen LogP contribution in [0.2, 0.25) is 0 Å². The molecule has 0 saturated carbocycles. The minimum Gasteiger partial charge on any atom is -0.493 e. The molecule has 1 aliphatic rings. The molecule has 0 radical (unpaired) electrons. The monoisotopic (exact) mass is 491 g/mol. The molecule has 192 valence electrons. The molecule has 0 aliphatic carbocycles. The summed E-state index contributed by atoms with van der Waals surface area (Å²) in [4.78, 5) is 16.9. The molecule has 1 heterocycles. The van der Waals surface area contributed by atoms with Gasteiger partial charge in [0, 0.05) is 50.0 Å². The Hall–Kier alpha value is -3.08. The van der Waals surface area contributed by atoms with Crippen molar-refractivity contribution >= 4 is 11.6 Å². The number of para-hydroxylation sites is 1. The maximum Gasteiger partial charge on any atom is 0.238 e. The number of carbonyl (C=O) groups is 1. The molecular formula is C25H34FN3O6. The van der Waals surface area contributed by atoms with Gasteiger partial charge in [0.2, 0.25) is 11.7 Å². The zero-order chi connectivity index (χ0) is 25.4. The molecule has 1 saturated heterocycles. The predicted molar refractivity (Wildman–Crippen MR) is 130 cm³/mol. The molecule has 1 fully saturated rings. The molecule has 3 rings (SSSR count). The van der Waals surface area contributed by atoms with E-state index in [4.69, 9.17) is 18.9 Å². The molecule has 2 N–H and O–H groups in total. The highest BCUT2D eigenvalue weighted by Crippen LogP contribution is 2.39. The van der Waals surface area contributed by atoms with Crippen LogP contribution in [0.25, 0.3) is 0 Å². The number of amides is 1. The summed E-state index contributed by atoms with van der Waals surface area (Å²) < 4.78 is 35.1. The van der Waals surface area contributed by atoms with E-state index < -0.39 is 11.9 Å². The number of rotatable bonds is 11. The second-order valence-electron chi connectivity index (χ2n) is 8.44. The number of β-amino-alcohol motifs (C(OH)–C–C–N with tert-alkyl or cyclic N) is 1. The number of aliphatic hydroxyl groups is 1. The van der Waals surface area contributed by atoms with Crippen molar-refractivity contribution in [3.63, 3.8) is 0 Å². The van der Waals surface area contributed by atoms with Crippen LogP contribution in [0.4, 0.5) is 10.1 Å². The molecule has 1 amide bonds. The Kier molecular flexibility index (Phi) is 9.53. The van der Waals surface area contributed by atoms with Gasteiger partial charge in [-0.2, -0.15) is 0 Å². The van der Waals surface area contributed by atoms with Crippen LogP contribution < -0.4 is 24.3 Å². The molecule has 2 atom stereocenters. The number of ether oxygens (including phenoxy) is 4. The lowest BCUT2D eigenvalue weighted by Crippen LogP contribution is -2.55. The first-order valence-electron chi connectivity index (χ1n) is 11.5. The Morgan fingerprint density at radius 3 is 2.40 bits per heavy atom. The fourth-order valence-electron chi connectivity index (χ4n) is 4.11. The first-order chi connectivity index (χ1) is 16.8. The normalized spacial score (nSPS) is 17.5. The second kappa shape index (κ2) is 12.6. The van der Waals surface area contributed by atoms with E-state index in [1.807, 2.05) is 6.92 Å². The summed E-state index contributed by atoms with van der Waals surface area (Å²) in [7, 11) is 4.56. The molecular weight excluding hydrogens is 457 g/mol. The lowest BCUT2D eigenvalue weighted by Gasteiger charge is -2.40. The lowest BCUT2D eigenvalue weighted by molar-refractivity contribution is -0.118. The molecule has 35 heavy (non-hydrogen) atoms. The van der Waals surface area contributed by atoms with Gasteiger partial charge in [0.15, 0.2) is 23.1 Å².